The molecular formula is C16H19BrN2O2S. The minimum atomic E-state index is -0.229. The van der Waals surface area contributed by atoms with Gasteiger partial charge in [0.1, 0.15) is 6.54 Å². The zero-order valence-electron chi connectivity index (χ0n) is 13.0. The number of esters is 1. The van der Waals surface area contributed by atoms with Crippen molar-refractivity contribution < 1.29 is 9.53 Å². The van der Waals surface area contributed by atoms with Gasteiger partial charge in [-0.2, -0.15) is 5.10 Å². The van der Waals surface area contributed by atoms with E-state index in [4.69, 9.17) is 9.84 Å². The van der Waals surface area contributed by atoms with E-state index in [0.29, 0.717) is 12.5 Å². The van der Waals surface area contributed by atoms with Gasteiger partial charge in [0.25, 0.3) is 0 Å². The molecule has 1 aromatic heterocycles. The Bertz CT molecular complexity index is 670. The Morgan fingerprint density at radius 3 is 2.82 bits per heavy atom. The second-order valence-corrected chi connectivity index (χ2v) is 8.18. The maximum atomic E-state index is 11.9. The van der Waals surface area contributed by atoms with Crippen molar-refractivity contribution in [3.63, 3.8) is 0 Å². The first-order valence-corrected chi connectivity index (χ1v) is 9.16. The predicted octanol–water partition coefficient (Wildman–Crippen LogP) is 4.25. The molecule has 0 radical (unpaired) electrons. The maximum absolute atomic E-state index is 11.9. The third-order valence-corrected chi connectivity index (χ3v) is 5.29. The van der Waals surface area contributed by atoms with E-state index in [9.17, 15) is 4.79 Å². The van der Waals surface area contributed by atoms with E-state index < -0.39 is 0 Å². The second kappa shape index (κ2) is 6.16. The molecule has 1 aromatic rings. The van der Waals surface area contributed by atoms with Crippen molar-refractivity contribution in [1.82, 2.24) is 5.01 Å². The van der Waals surface area contributed by atoms with E-state index in [1.165, 1.54) is 16.0 Å². The lowest BCUT2D eigenvalue weighted by atomic mass is 9.98. The number of thiophene rings is 1. The molecule has 6 heteroatoms. The lowest BCUT2D eigenvalue weighted by molar-refractivity contribution is -0.143. The van der Waals surface area contributed by atoms with Crippen LogP contribution in [0.1, 0.15) is 44.1 Å². The molecule has 1 aliphatic carbocycles. The Kier molecular flexibility index (Phi) is 4.41. The van der Waals surface area contributed by atoms with Crippen molar-refractivity contribution in [2.75, 3.05) is 13.2 Å². The van der Waals surface area contributed by atoms with Gasteiger partial charge in [0.15, 0.2) is 0 Å². The average Bonchev–Trinajstić information content (AvgIpc) is 3.19. The van der Waals surface area contributed by atoms with Crippen LogP contribution in [0.5, 0.6) is 0 Å². The number of carbonyl (C=O) groups excluding carboxylic acids is 1. The Morgan fingerprint density at radius 2 is 2.23 bits per heavy atom. The van der Waals surface area contributed by atoms with Gasteiger partial charge in [0, 0.05) is 5.56 Å². The third-order valence-electron chi connectivity index (χ3n) is 3.65. The standard InChI is InChI=1S/C16H19BrN2O2S/c1-4-21-13(20)8-19-15(10-5-6-10)16-11(7-12(17)22-16)14(18-19)9(2)3/h7,9H,4-6,8H2,1-3H3. The maximum Gasteiger partial charge on any atom is 0.327 e. The van der Waals surface area contributed by atoms with Gasteiger partial charge in [-0.15, -0.1) is 11.3 Å². The van der Waals surface area contributed by atoms with Crippen LogP contribution in [-0.4, -0.2) is 29.8 Å². The summed E-state index contributed by atoms with van der Waals surface area (Å²) in [5.74, 6) is 0.0721. The van der Waals surface area contributed by atoms with Gasteiger partial charge in [-0.3, -0.25) is 9.80 Å². The molecule has 0 aromatic carbocycles. The Labute approximate surface area is 143 Å². The van der Waals surface area contributed by atoms with E-state index >= 15 is 0 Å². The van der Waals surface area contributed by atoms with Crippen molar-refractivity contribution in [3.8, 4) is 0 Å². The molecule has 0 spiro atoms. The van der Waals surface area contributed by atoms with Crippen molar-refractivity contribution in [1.29, 1.82) is 0 Å². The van der Waals surface area contributed by atoms with Gasteiger partial charge in [0.05, 0.1) is 26.7 Å². The van der Waals surface area contributed by atoms with Crippen molar-refractivity contribution in [2.45, 2.75) is 33.6 Å². The van der Waals surface area contributed by atoms with Gasteiger partial charge in [0.2, 0.25) is 0 Å². The van der Waals surface area contributed by atoms with Crippen LogP contribution in [0.15, 0.2) is 20.5 Å². The molecule has 1 aliphatic heterocycles. The van der Waals surface area contributed by atoms with Crippen LogP contribution in [0.3, 0.4) is 0 Å². The van der Waals surface area contributed by atoms with Crippen LogP contribution in [0.2, 0.25) is 0 Å². The van der Waals surface area contributed by atoms with Gasteiger partial charge in [-0.05, 0) is 53.3 Å². The summed E-state index contributed by atoms with van der Waals surface area (Å²) >= 11 is 5.31. The fourth-order valence-electron chi connectivity index (χ4n) is 2.59. The quantitative estimate of drug-likeness (QED) is 0.730. The molecule has 1 fully saturated rings. The summed E-state index contributed by atoms with van der Waals surface area (Å²) < 4.78 is 6.20. The molecule has 3 rings (SSSR count). The van der Waals surface area contributed by atoms with E-state index in [1.54, 1.807) is 11.3 Å². The zero-order chi connectivity index (χ0) is 15.9. The number of nitrogens with zero attached hydrogens (tertiary/aromatic N) is 2. The van der Waals surface area contributed by atoms with Crippen molar-refractivity contribution in [3.05, 3.63) is 25.9 Å². The predicted molar refractivity (Wildman–Crippen MR) is 92.9 cm³/mol. The fourth-order valence-corrected chi connectivity index (χ4v) is 4.30. The number of hydrogen-bond donors (Lipinski definition) is 0. The number of fused-ring (bicyclic) bond motifs is 1. The number of allylic oxidation sites excluding steroid dienone is 1. The fraction of sp³-hybridized carbons (Fsp3) is 0.500. The molecule has 0 saturated heterocycles. The topological polar surface area (TPSA) is 41.9 Å². The summed E-state index contributed by atoms with van der Waals surface area (Å²) in [6.07, 6.45) is 2.19. The first-order valence-electron chi connectivity index (χ1n) is 7.55. The SMILES string of the molecule is CCOC(=O)CN1N=C(C(C)C)c2cc(Br)sc2C1=C1CC1. The van der Waals surface area contributed by atoms with Crippen molar-refractivity contribution in [2.24, 2.45) is 11.0 Å². The number of hydrogen-bond acceptors (Lipinski definition) is 5. The highest BCUT2D eigenvalue weighted by molar-refractivity contribution is 9.11. The lowest BCUT2D eigenvalue weighted by Gasteiger charge is -2.28. The summed E-state index contributed by atoms with van der Waals surface area (Å²) in [7, 11) is 0. The van der Waals surface area contributed by atoms with E-state index in [2.05, 4.69) is 35.8 Å². The molecule has 0 unspecified atom stereocenters. The first-order chi connectivity index (χ1) is 10.5. The smallest absolute Gasteiger partial charge is 0.327 e. The van der Waals surface area contributed by atoms with Gasteiger partial charge in [-0.1, -0.05) is 13.8 Å². The molecule has 0 atom stereocenters. The number of hydrazone groups is 1. The summed E-state index contributed by atoms with van der Waals surface area (Å²) in [6, 6.07) is 2.14. The van der Waals surface area contributed by atoms with Crippen LogP contribution in [0.4, 0.5) is 0 Å². The molecule has 0 N–H and O–H groups in total. The highest BCUT2D eigenvalue weighted by Gasteiger charge is 2.33. The van der Waals surface area contributed by atoms with Crippen LogP contribution in [0.25, 0.3) is 5.70 Å². The molecule has 0 amide bonds. The first kappa shape index (κ1) is 15.7. The Hall–Kier alpha value is -1.14. The lowest BCUT2D eigenvalue weighted by Crippen LogP contribution is -2.31. The van der Waals surface area contributed by atoms with Gasteiger partial charge >= 0.3 is 5.97 Å². The Morgan fingerprint density at radius 1 is 1.50 bits per heavy atom. The molecule has 22 heavy (non-hydrogen) atoms. The van der Waals surface area contributed by atoms with Crippen LogP contribution >= 0.6 is 27.3 Å². The third kappa shape index (κ3) is 2.99. The second-order valence-electron chi connectivity index (χ2n) is 5.75. The summed E-state index contributed by atoms with van der Waals surface area (Å²) in [5, 5.41) is 6.63. The zero-order valence-corrected chi connectivity index (χ0v) is 15.4. The highest BCUT2D eigenvalue weighted by atomic mass is 79.9. The summed E-state index contributed by atoms with van der Waals surface area (Å²) in [5.41, 5.74) is 4.72. The van der Waals surface area contributed by atoms with Gasteiger partial charge in [-0.25, -0.2) is 0 Å². The number of halogens is 1. The average molecular weight is 383 g/mol. The van der Waals surface area contributed by atoms with E-state index in [0.717, 1.165) is 28.0 Å². The van der Waals surface area contributed by atoms with Crippen LogP contribution in [0, 0.1) is 5.92 Å². The van der Waals surface area contributed by atoms with Crippen molar-refractivity contribution >= 4 is 44.6 Å². The summed E-state index contributed by atoms with van der Waals surface area (Å²) in [6.45, 7) is 6.66. The normalized spacial score (nSPS) is 16.8. The monoisotopic (exact) mass is 382 g/mol. The Balaban J connectivity index is 2.03. The van der Waals surface area contributed by atoms with E-state index in [1.807, 2.05) is 11.9 Å². The molecule has 1 saturated carbocycles. The molecule has 2 heterocycles. The minimum absolute atomic E-state index is 0.178. The molecule has 0 bridgehead atoms. The van der Waals surface area contributed by atoms with E-state index in [-0.39, 0.29) is 12.5 Å². The van der Waals surface area contributed by atoms with Gasteiger partial charge < -0.3 is 4.74 Å². The number of carbonyl (C=O) groups is 1. The largest absolute Gasteiger partial charge is 0.465 e. The highest BCUT2D eigenvalue weighted by Crippen LogP contribution is 2.46. The van der Waals surface area contributed by atoms with Crippen LogP contribution < -0.4 is 0 Å². The van der Waals surface area contributed by atoms with Crippen LogP contribution in [-0.2, 0) is 9.53 Å². The number of ether oxygens (including phenoxy) is 1. The molecule has 2 aliphatic rings. The number of rotatable bonds is 4. The molecule has 4 nitrogen and oxygen atoms in total. The molecule has 118 valence electrons. The summed E-state index contributed by atoms with van der Waals surface area (Å²) in [4.78, 5) is 13.2. The minimum Gasteiger partial charge on any atom is -0.465 e. The molecular weight excluding hydrogens is 364 g/mol.